The van der Waals surface area contributed by atoms with Crippen LogP contribution in [0, 0.1) is 0 Å². The van der Waals surface area contributed by atoms with Crippen molar-refractivity contribution in [2.75, 3.05) is 5.32 Å². The fourth-order valence-electron chi connectivity index (χ4n) is 1.63. The second-order valence-electron chi connectivity index (χ2n) is 4.10. The van der Waals surface area contributed by atoms with E-state index in [2.05, 4.69) is 21.8 Å². The van der Waals surface area contributed by atoms with Crippen LogP contribution in [0.5, 0.6) is 0 Å². The lowest BCUT2D eigenvalue weighted by Crippen LogP contribution is -2.11. The number of hydrogen-bond donors (Lipinski definition) is 2. The van der Waals surface area contributed by atoms with E-state index >= 15 is 0 Å². The van der Waals surface area contributed by atoms with Gasteiger partial charge in [-0.15, -0.1) is 0 Å². The van der Waals surface area contributed by atoms with Crippen molar-refractivity contribution in [3.63, 3.8) is 0 Å². The standard InChI is InChI=1S/C15H14N2O4/c1-11(21-19)17-14-13(8-5-9-16-14)15(18)20-10-12-6-3-2-4-7-12/h2-9,19H,1,10H2,(H,16,17). The first kappa shape index (κ1) is 14.5. The van der Waals surface area contributed by atoms with E-state index in [1.165, 1.54) is 6.20 Å². The fourth-order valence-corrected chi connectivity index (χ4v) is 1.63. The van der Waals surface area contributed by atoms with Gasteiger partial charge in [-0.2, -0.15) is 0 Å². The zero-order valence-corrected chi connectivity index (χ0v) is 11.2. The number of pyridine rings is 1. The molecule has 0 fully saturated rings. The Balaban J connectivity index is 2.07. The van der Waals surface area contributed by atoms with Gasteiger partial charge in [0.1, 0.15) is 18.0 Å². The molecule has 108 valence electrons. The first-order valence-corrected chi connectivity index (χ1v) is 6.14. The highest BCUT2D eigenvalue weighted by Crippen LogP contribution is 2.15. The summed E-state index contributed by atoms with van der Waals surface area (Å²) in [5.41, 5.74) is 1.10. The molecule has 2 aromatic rings. The molecule has 0 unspecified atom stereocenters. The SMILES string of the molecule is C=C(Nc1ncccc1C(=O)OCc1ccccc1)OO. The summed E-state index contributed by atoms with van der Waals surface area (Å²) in [6, 6.07) is 12.5. The Kier molecular flexibility index (Phi) is 4.89. The van der Waals surface area contributed by atoms with Gasteiger partial charge in [0.15, 0.2) is 0 Å². The minimum Gasteiger partial charge on any atom is -0.457 e. The quantitative estimate of drug-likeness (QED) is 0.368. The second-order valence-corrected chi connectivity index (χ2v) is 4.10. The van der Waals surface area contributed by atoms with Crippen molar-refractivity contribution in [3.05, 3.63) is 72.3 Å². The minimum atomic E-state index is -0.541. The highest BCUT2D eigenvalue weighted by molar-refractivity contribution is 5.94. The van der Waals surface area contributed by atoms with E-state index in [1.807, 2.05) is 30.3 Å². The van der Waals surface area contributed by atoms with E-state index in [0.29, 0.717) is 0 Å². The second kappa shape index (κ2) is 7.06. The van der Waals surface area contributed by atoms with Crippen molar-refractivity contribution < 1.29 is 19.7 Å². The number of carbonyl (C=O) groups is 1. The molecule has 0 amide bonds. The maximum Gasteiger partial charge on any atom is 0.342 e. The lowest BCUT2D eigenvalue weighted by atomic mass is 10.2. The third-order valence-electron chi connectivity index (χ3n) is 2.61. The molecular formula is C15H14N2O4. The summed E-state index contributed by atoms with van der Waals surface area (Å²) in [5, 5.41) is 11.0. The van der Waals surface area contributed by atoms with Crippen LogP contribution in [0.15, 0.2) is 61.1 Å². The summed E-state index contributed by atoms with van der Waals surface area (Å²) in [6.07, 6.45) is 1.49. The molecule has 0 bridgehead atoms. The molecule has 0 spiro atoms. The summed E-state index contributed by atoms with van der Waals surface area (Å²) in [4.78, 5) is 20.0. The van der Waals surface area contributed by atoms with Gasteiger partial charge < -0.3 is 14.9 Å². The summed E-state index contributed by atoms with van der Waals surface area (Å²) >= 11 is 0. The van der Waals surface area contributed by atoms with Gasteiger partial charge in [0.25, 0.3) is 0 Å². The van der Waals surface area contributed by atoms with Crippen molar-refractivity contribution >= 4 is 11.8 Å². The van der Waals surface area contributed by atoms with Crippen LogP contribution in [0.4, 0.5) is 5.82 Å². The Morgan fingerprint density at radius 3 is 2.71 bits per heavy atom. The number of nitrogens with zero attached hydrogens (tertiary/aromatic N) is 1. The molecule has 0 saturated carbocycles. The van der Waals surface area contributed by atoms with Crippen molar-refractivity contribution in [3.8, 4) is 0 Å². The van der Waals surface area contributed by atoms with Gasteiger partial charge in [-0.3, -0.25) is 0 Å². The van der Waals surface area contributed by atoms with Crippen LogP contribution in [-0.2, 0) is 16.2 Å². The van der Waals surface area contributed by atoms with Crippen LogP contribution in [0.2, 0.25) is 0 Å². The van der Waals surface area contributed by atoms with Gasteiger partial charge in [0, 0.05) is 6.20 Å². The van der Waals surface area contributed by atoms with Gasteiger partial charge in [-0.25, -0.2) is 15.0 Å². The van der Waals surface area contributed by atoms with E-state index in [4.69, 9.17) is 9.99 Å². The normalized spacial score (nSPS) is 9.76. The number of rotatable bonds is 6. The molecule has 21 heavy (non-hydrogen) atoms. The molecule has 1 aromatic heterocycles. The predicted octanol–water partition coefficient (Wildman–Crippen LogP) is 2.81. The van der Waals surface area contributed by atoms with E-state index in [-0.39, 0.29) is 23.9 Å². The van der Waals surface area contributed by atoms with Gasteiger partial charge in [0.05, 0.1) is 0 Å². The number of nitrogens with one attached hydrogen (secondary N) is 1. The van der Waals surface area contributed by atoms with Gasteiger partial charge in [-0.05, 0) is 24.3 Å². The van der Waals surface area contributed by atoms with Crippen molar-refractivity contribution in [2.45, 2.75) is 6.61 Å². The lowest BCUT2D eigenvalue weighted by Gasteiger charge is -2.10. The third-order valence-corrected chi connectivity index (χ3v) is 2.61. The smallest absolute Gasteiger partial charge is 0.342 e. The summed E-state index contributed by atoms with van der Waals surface area (Å²) in [5.74, 6) is -0.499. The Morgan fingerprint density at radius 1 is 1.24 bits per heavy atom. The number of hydrogen-bond acceptors (Lipinski definition) is 6. The lowest BCUT2D eigenvalue weighted by molar-refractivity contribution is -0.200. The van der Waals surface area contributed by atoms with Gasteiger partial charge in [0.2, 0.25) is 5.88 Å². The minimum absolute atomic E-state index is 0.147. The van der Waals surface area contributed by atoms with E-state index in [0.717, 1.165) is 5.56 Å². The molecule has 0 saturated heterocycles. The molecule has 2 N–H and O–H groups in total. The number of esters is 1. The number of anilines is 1. The van der Waals surface area contributed by atoms with E-state index < -0.39 is 5.97 Å². The Bertz CT molecular complexity index is 629. The van der Waals surface area contributed by atoms with E-state index in [1.54, 1.807) is 12.1 Å². The number of ether oxygens (including phenoxy) is 1. The largest absolute Gasteiger partial charge is 0.457 e. The molecule has 0 aliphatic carbocycles. The Labute approximate surface area is 121 Å². The topological polar surface area (TPSA) is 80.7 Å². The molecule has 6 nitrogen and oxygen atoms in total. The number of benzene rings is 1. The average Bonchev–Trinajstić information content (AvgIpc) is 2.54. The molecular weight excluding hydrogens is 272 g/mol. The first-order chi connectivity index (χ1) is 10.2. The van der Waals surface area contributed by atoms with Crippen molar-refractivity contribution in [2.24, 2.45) is 0 Å². The molecule has 0 radical (unpaired) electrons. The summed E-state index contributed by atoms with van der Waals surface area (Å²) in [7, 11) is 0. The van der Waals surface area contributed by atoms with Crippen LogP contribution < -0.4 is 5.32 Å². The Morgan fingerprint density at radius 2 is 2.00 bits per heavy atom. The zero-order valence-electron chi connectivity index (χ0n) is 11.2. The van der Waals surface area contributed by atoms with Crippen molar-refractivity contribution in [1.29, 1.82) is 0 Å². The maximum atomic E-state index is 12.1. The van der Waals surface area contributed by atoms with Crippen LogP contribution in [0.25, 0.3) is 0 Å². The highest BCUT2D eigenvalue weighted by atomic mass is 17.1. The van der Waals surface area contributed by atoms with Crippen molar-refractivity contribution in [1.82, 2.24) is 4.98 Å². The number of carbonyl (C=O) groups excluding carboxylic acids is 1. The van der Waals surface area contributed by atoms with Gasteiger partial charge in [-0.1, -0.05) is 30.3 Å². The molecule has 0 aliphatic heterocycles. The summed E-state index contributed by atoms with van der Waals surface area (Å²) < 4.78 is 5.22. The molecule has 6 heteroatoms. The molecule has 0 aliphatic rings. The summed E-state index contributed by atoms with van der Waals surface area (Å²) in [6.45, 7) is 3.55. The molecule has 0 atom stereocenters. The fraction of sp³-hybridized carbons (Fsp3) is 0.0667. The highest BCUT2D eigenvalue weighted by Gasteiger charge is 2.14. The first-order valence-electron chi connectivity index (χ1n) is 6.14. The average molecular weight is 286 g/mol. The van der Waals surface area contributed by atoms with Crippen LogP contribution in [0.1, 0.15) is 15.9 Å². The van der Waals surface area contributed by atoms with Crippen LogP contribution >= 0.6 is 0 Å². The monoisotopic (exact) mass is 286 g/mol. The number of aromatic nitrogens is 1. The predicted molar refractivity (Wildman–Crippen MR) is 76.3 cm³/mol. The Hall–Kier alpha value is -2.86. The van der Waals surface area contributed by atoms with Crippen LogP contribution in [-0.4, -0.2) is 16.2 Å². The van der Waals surface area contributed by atoms with Gasteiger partial charge >= 0.3 is 5.97 Å². The van der Waals surface area contributed by atoms with Crippen LogP contribution in [0.3, 0.4) is 0 Å². The molecule has 1 aromatic carbocycles. The third kappa shape index (κ3) is 4.05. The maximum absolute atomic E-state index is 12.1. The van der Waals surface area contributed by atoms with E-state index in [9.17, 15) is 4.79 Å². The molecule has 2 rings (SSSR count). The zero-order chi connectivity index (χ0) is 15.1. The molecule has 1 heterocycles.